The summed E-state index contributed by atoms with van der Waals surface area (Å²) >= 11 is 3.55. The van der Waals surface area contributed by atoms with Crippen molar-refractivity contribution in [3.05, 3.63) is 28.2 Å². The van der Waals surface area contributed by atoms with E-state index in [-0.39, 0.29) is 6.04 Å². The van der Waals surface area contributed by atoms with Gasteiger partial charge in [-0.25, -0.2) is 0 Å². The summed E-state index contributed by atoms with van der Waals surface area (Å²) in [6.45, 7) is 8.16. The van der Waals surface area contributed by atoms with Gasteiger partial charge in [-0.3, -0.25) is 4.90 Å². The lowest BCUT2D eigenvalue weighted by atomic mass is 10.1. The van der Waals surface area contributed by atoms with Gasteiger partial charge in [-0.15, -0.1) is 0 Å². The molecule has 0 spiro atoms. The minimum Gasteiger partial charge on any atom is -0.379 e. The van der Waals surface area contributed by atoms with Crippen LogP contribution in [0.4, 0.5) is 5.69 Å². The summed E-state index contributed by atoms with van der Waals surface area (Å²) in [7, 11) is 0. The normalized spacial score (nSPS) is 25.3. The van der Waals surface area contributed by atoms with Crippen LogP contribution in [-0.2, 0) is 4.74 Å². The topological polar surface area (TPSA) is 41.7 Å². The number of rotatable bonds is 3. The molecule has 1 aromatic rings. The van der Waals surface area contributed by atoms with E-state index in [4.69, 9.17) is 10.5 Å². The molecule has 2 unspecified atom stereocenters. The smallest absolute Gasteiger partial charge is 0.0594 e. The second-order valence-electron chi connectivity index (χ2n) is 6.03. The number of ether oxygens (including phenoxy) is 1. The van der Waals surface area contributed by atoms with Crippen LogP contribution in [0.2, 0.25) is 0 Å². The summed E-state index contributed by atoms with van der Waals surface area (Å²) in [4.78, 5) is 5.07. The van der Waals surface area contributed by atoms with Crippen LogP contribution in [0.25, 0.3) is 0 Å². The molecule has 1 aromatic carbocycles. The molecule has 0 amide bonds. The molecule has 5 heteroatoms. The Morgan fingerprint density at radius 3 is 2.76 bits per heavy atom. The van der Waals surface area contributed by atoms with E-state index in [2.05, 4.69) is 50.9 Å². The van der Waals surface area contributed by atoms with Crippen LogP contribution >= 0.6 is 15.9 Å². The van der Waals surface area contributed by atoms with Crippen molar-refractivity contribution in [2.75, 3.05) is 44.3 Å². The number of hydrogen-bond acceptors (Lipinski definition) is 4. The van der Waals surface area contributed by atoms with Gasteiger partial charge in [-0.1, -0.05) is 15.9 Å². The highest BCUT2D eigenvalue weighted by Crippen LogP contribution is 2.31. The lowest BCUT2D eigenvalue weighted by Gasteiger charge is -2.32. The van der Waals surface area contributed by atoms with Gasteiger partial charge in [-0.2, -0.15) is 0 Å². The largest absolute Gasteiger partial charge is 0.379 e. The van der Waals surface area contributed by atoms with Crippen molar-refractivity contribution < 1.29 is 4.74 Å². The molecule has 2 heterocycles. The summed E-state index contributed by atoms with van der Waals surface area (Å²) in [5.41, 5.74) is 8.68. The molecule has 0 saturated carbocycles. The molecule has 2 atom stereocenters. The molecule has 0 bridgehead atoms. The summed E-state index contributed by atoms with van der Waals surface area (Å²) in [5.74, 6) is 0. The predicted molar refractivity (Wildman–Crippen MR) is 89.8 cm³/mol. The van der Waals surface area contributed by atoms with Crippen molar-refractivity contribution in [2.24, 2.45) is 5.73 Å². The van der Waals surface area contributed by atoms with E-state index in [1.54, 1.807) is 0 Å². The van der Waals surface area contributed by atoms with Crippen molar-refractivity contribution in [3.8, 4) is 0 Å². The zero-order valence-corrected chi connectivity index (χ0v) is 14.2. The molecule has 0 aliphatic carbocycles. The van der Waals surface area contributed by atoms with Crippen LogP contribution in [0, 0.1) is 0 Å². The molecule has 2 saturated heterocycles. The Morgan fingerprint density at radius 1 is 1.29 bits per heavy atom. The third-order valence-electron chi connectivity index (χ3n) is 4.55. The maximum absolute atomic E-state index is 6.15. The molecule has 116 valence electrons. The van der Waals surface area contributed by atoms with Crippen LogP contribution in [-0.4, -0.2) is 50.3 Å². The monoisotopic (exact) mass is 353 g/mol. The first-order chi connectivity index (χ1) is 10.1. The zero-order valence-electron chi connectivity index (χ0n) is 12.6. The molecule has 2 fully saturated rings. The van der Waals surface area contributed by atoms with Crippen molar-refractivity contribution in [1.82, 2.24) is 4.90 Å². The predicted octanol–water partition coefficient (Wildman–Crippen LogP) is 2.38. The Balaban J connectivity index is 1.73. The van der Waals surface area contributed by atoms with Gasteiger partial charge < -0.3 is 15.4 Å². The van der Waals surface area contributed by atoms with Crippen molar-refractivity contribution in [3.63, 3.8) is 0 Å². The Morgan fingerprint density at radius 2 is 2.05 bits per heavy atom. The zero-order chi connectivity index (χ0) is 14.8. The molecular weight excluding hydrogens is 330 g/mol. The summed E-state index contributed by atoms with van der Waals surface area (Å²) in [6.07, 6.45) is 1.23. The van der Waals surface area contributed by atoms with E-state index in [0.29, 0.717) is 6.04 Å². The molecular formula is C16H24BrN3O. The maximum atomic E-state index is 6.15. The molecule has 0 aromatic heterocycles. The minimum atomic E-state index is 0.0555. The van der Waals surface area contributed by atoms with Crippen molar-refractivity contribution in [1.29, 1.82) is 0 Å². The molecule has 21 heavy (non-hydrogen) atoms. The quantitative estimate of drug-likeness (QED) is 0.905. The van der Waals surface area contributed by atoms with Gasteiger partial charge in [-0.05, 0) is 37.1 Å². The number of halogens is 1. The number of morpholine rings is 1. The third-order valence-corrected chi connectivity index (χ3v) is 5.04. The van der Waals surface area contributed by atoms with E-state index in [1.807, 2.05) is 0 Å². The van der Waals surface area contributed by atoms with Gasteiger partial charge in [0.25, 0.3) is 0 Å². The average molecular weight is 354 g/mol. The van der Waals surface area contributed by atoms with E-state index < -0.39 is 0 Å². The van der Waals surface area contributed by atoms with Crippen molar-refractivity contribution in [2.45, 2.75) is 25.4 Å². The Kier molecular flexibility index (Phi) is 4.84. The number of benzene rings is 1. The number of anilines is 1. The molecule has 2 aliphatic rings. The first kappa shape index (κ1) is 15.3. The Labute approximate surface area is 135 Å². The van der Waals surface area contributed by atoms with Crippen LogP contribution in [0.3, 0.4) is 0 Å². The second-order valence-corrected chi connectivity index (χ2v) is 6.94. The van der Waals surface area contributed by atoms with E-state index in [1.165, 1.54) is 17.7 Å². The van der Waals surface area contributed by atoms with Gasteiger partial charge in [0.05, 0.1) is 13.2 Å². The lowest BCUT2D eigenvalue weighted by molar-refractivity contribution is 0.0209. The molecule has 0 radical (unpaired) electrons. The Bertz CT molecular complexity index is 488. The van der Waals surface area contributed by atoms with Crippen LogP contribution in [0.1, 0.15) is 24.9 Å². The summed E-state index contributed by atoms with van der Waals surface area (Å²) in [5, 5.41) is 0. The standard InChI is InChI=1S/C16H24BrN3O/c1-12(18)15-10-13(17)2-3-16(15)20-5-4-14(11-20)19-6-8-21-9-7-19/h2-3,10,12,14H,4-9,11,18H2,1H3. The van der Waals surface area contributed by atoms with E-state index >= 15 is 0 Å². The van der Waals surface area contributed by atoms with Gasteiger partial charge in [0.15, 0.2) is 0 Å². The highest BCUT2D eigenvalue weighted by molar-refractivity contribution is 9.10. The number of hydrogen-bond donors (Lipinski definition) is 1. The molecule has 2 aliphatic heterocycles. The van der Waals surface area contributed by atoms with E-state index in [0.717, 1.165) is 43.9 Å². The van der Waals surface area contributed by atoms with Crippen LogP contribution in [0.5, 0.6) is 0 Å². The summed E-state index contributed by atoms with van der Waals surface area (Å²) in [6, 6.07) is 7.17. The molecule has 3 rings (SSSR count). The Hall–Kier alpha value is -0.620. The lowest BCUT2D eigenvalue weighted by Crippen LogP contribution is -2.44. The molecule has 4 nitrogen and oxygen atoms in total. The maximum Gasteiger partial charge on any atom is 0.0594 e. The summed E-state index contributed by atoms with van der Waals surface area (Å²) < 4.78 is 6.56. The highest BCUT2D eigenvalue weighted by Gasteiger charge is 2.29. The van der Waals surface area contributed by atoms with E-state index in [9.17, 15) is 0 Å². The molecule has 2 N–H and O–H groups in total. The van der Waals surface area contributed by atoms with Gasteiger partial charge in [0.2, 0.25) is 0 Å². The third kappa shape index (κ3) is 3.42. The fourth-order valence-electron chi connectivity index (χ4n) is 3.38. The average Bonchev–Trinajstić information content (AvgIpc) is 2.97. The van der Waals surface area contributed by atoms with Gasteiger partial charge >= 0.3 is 0 Å². The van der Waals surface area contributed by atoms with Crippen molar-refractivity contribution >= 4 is 21.6 Å². The fraction of sp³-hybridized carbons (Fsp3) is 0.625. The number of nitrogens with two attached hydrogens (primary N) is 1. The van der Waals surface area contributed by atoms with Gasteiger partial charge in [0.1, 0.15) is 0 Å². The van der Waals surface area contributed by atoms with Crippen LogP contribution in [0.15, 0.2) is 22.7 Å². The minimum absolute atomic E-state index is 0.0555. The highest BCUT2D eigenvalue weighted by atomic mass is 79.9. The first-order valence-electron chi connectivity index (χ1n) is 7.77. The number of nitrogens with zero attached hydrogens (tertiary/aromatic N) is 2. The second kappa shape index (κ2) is 6.65. The SMILES string of the molecule is CC(N)c1cc(Br)ccc1N1CCC(N2CCOCC2)C1. The van der Waals surface area contributed by atoms with Crippen LogP contribution < -0.4 is 10.6 Å². The first-order valence-corrected chi connectivity index (χ1v) is 8.56. The fourth-order valence-corrected chi connectivity index (χ4v) is 3.76. The van der Waals surface area contributed by atoms with Gasteiger partial charge in [0, 0.05) is 48.4 Å².